The second-order valence-electron chi connectivity index (χ2n) is 8.09. The van der Waals surface area contributed by atoms with E-state index in [1.807, 2.05) is 30.3 Å². The Morgan fingerprint density at radius 2 is 1.56 bits per heavy atom. The maximum Gasteiger partial charge on any atom is 0.274 e. The van der Waals surface area contributed by atoms with Gasteiger partial charge < -0.3 is 10.2 Å². The Morgan fingerprint density at radius 3 is 2.24 bits per heavy atom. The van der Waals surface area contributed by atoms with Crippen molar-refractivity contribution in [2.24, 2.45) is 0 Å². The smallest absolute Gasteiger partial charge is 0.274 e. The van der Waals surface area contributed by atoms with Gasteiger partial charge in [-0.2, -0.15) is 0 Å². The highest BCUT2D eigenvalue weighted by atomic mass is 16.6. The number of carbonyl (C=O) groups excluding carboxylic acids is 3. The van der Waals surface area contributed by atoms with E-state index in [1.54, 1.807) is 36.4 Å². The molecule has 0 spiro atoms. The molecule has 3 aromatic rings. The van der Waals surface area contributed by atoms with Gasteiger partial charge in [-0.25, -0.2) is 0 Å². The van der Waals surface area contributed by atoms with E-state index in [9.17, 15) is 24.5 Å². The molecule has 34 heavy (non-hydrogen) atoms. The molecule has 8 heteroatoms. The van der Waals surface area contributed by atoms with Crippen molar-refractivity contribution < 1.29 is 19.3 Å². The molecular weight excluding hydrogens is 434 g/mol. The minimum atomic E-state index is -1.81. The summed E-state index contributed by atoms with van der Waals surface area (Å²) < 4.78 is 0. The topological polar surface area (TPSA) is 110 Å². The number of nitrogens with zero attached hydrogens (tertiary/aromatic N) is 2. The summed E-state index contributed by atoms with van der Waals surface area (Å²) in [5, 5.41) is 14.4. The molecule has 2 amide bonds. The average Bonchev–Trinajstić information content (AvgIpc) is 3.20. The Kier molecular flexibility index (Phi) is 6.49. The highest BCUT2D eigenvalue weighted by molar-refractivity contribution is 6.20. The highest BCUT2D eigenvalue weighted by Crippen LogP contribution is 2.37. The first-order valence-corrected chi connectivity index (χ1v) is 10.9. The second-order valence-corrected chi connectivity index (χ2v) is 8.09. The monoisotopic (exact) mass is 457 g/mol. The molecule has 1 saturated heterocycles. The van der Waals surface area contributed by atoms with Crippen molar-refractivity contribution in [3.8, 4) is 0 Å². The number of nitro groups is 1. The van der Waals surface area contributed by atoms with Gasteiger partial charge in [0.05, 0.1) is 11.5 Å². The zero-order chi connectivity index (χ0) is 24.1. The van der Waals surface area contributed by atoms with Crippen LogP contribution in [0.3, 0.4) is 0 Å². The number of hydrogen-bond acceptors (Lipinski definition) is 5. The quantitative estimate of drug-likeness (QED) is 0.240. The zero-order valence-electron chi connectivity index (χ0n) is 18.3. The number of amides is 2. The molecule has 4 rings (SSSR count). The van der Waals surface area contributed by atoms with E-state index in [0.717, 1.165) is 5.56 Å². The first-order valence-electron chi connectivity index (χ1n) is 10.9. The first kappa shape index (κ1) is 22.8. The third kappa shape index (κ3) is 4.30. The molecule has 1 fully saturated rings. The maximum absolute atomic E-state index is 13.8. The Hall–Kier alpha value is -4.33. The molecule has 0 radical (unpaired) electrons. The van der Waals surface area contributed by atoms with Crippen LogP contribution in [-0.4, -0.2) is 33.0 Å². The largest absolute Gasteiger partial charge is 0.350 e. The molecule has 1 aliphatic heterocycles. The van der Waals surface area contributed by atoms with Gasteiger partial charge in [0.25, 0.3) is 11.6 Å². The van der Waals surface area contributed by atoms with Gasteiger partial charge in [0.1, 0.15) is 0 Å². The number of para-hydroxylation sites is 1. The van der Waals surface area contributed by atoms with E-state index in [1.165, 1.54) is 23.1 Å². The molecule has 1 unspecified atom stereocenters. The van der Waals surface area contributed by atoms with E-state index in [2.05, 4.69) is 5.32 Å². The van der Waals surface area contributed by atoms with Crippen LogP contribution in [0.15, 0.2) is 84.9 Å². The van der Waals surface area contributed by atoms with Gasteiger partial charge in [0.15, 0.2) is 11.3 Å². The third-order valence-corrected chi connectivity index (χ3v) is 6.06. The van der Waals surface area contributed by atoms with E-state index in [4.69, 9.17) is 0 Å². The van der Waals surface area contributed by atoms with Crippen molar-refractivity contribution in [3.05, 3.63) is 112 Å². The summed E-state index contributed by atoms with van der Waals surface area (Å²) >= 11 is 0. The lowest BCUT2D eigenvalue weighted by Gasteiger charge is -2.36. The number of benzene rings is 3. The number of rotatable bonds is 8. The summed E-state index contributed by atoms with van der Waals surface area (Å²) in [5.41, 5.74) is -0.596. The summed E-state index contributed by atoms with van der Waals surface area (Å²) in [6.45, 7) is -0.0513. The van der Waals surface area contributed by atoms with Gasteiger partial charge in [-0.1, -0.05) is 78.9 Å². The van der Waals surface area contributed by atoms with E-state index in [0.29, 0.717) is 5.56 Å². The number of ketones is 1. The second kappa shape index (κ2) is 9.66. The number of carbonyl (C=O) groups is 3. The Morgan fingerprint density at radius 1 is 0.941 bits per heavy atom. The predicted octanol–water partition coefficient (Wildman–Crippen LogP) is 3.66. The summed E-state index contributed by atoms with van der Waals surface area (Å²) in [4.78, 5) is 52.7. The number of nitrogens with one attached hydrogen (secondary N) is 1. The van der Waals surface area contributed by atoms with Crippen LogP contribution < -0.4 is 5.32 Å². The van der Waals surface area contributed by atoms with Gasteiger partial charge in [0.2, 0.25) is 5.91 Å². The average molecular weight is 457 g/mol. The van der Waals surface area contributed by atoms with Crippen LogP contribution in [0.4, 0.5) is 5.69 Å². The Bertz CT molecular complexity index is 1230. The minimum Gasteiger partial charge on any atom is -0.350 e. The molecule has 0 aliphatic carbocycles. The number of nitro benzene ring substituents is 1. The number of Topliss-reactive ketones (excluding diaryl/α,β-unsaturated/α-hetero) is 1. The molecule has 1 N–H and O–H groups in total. The number of likely N-dealkylation sites (tertiary alicyclic amines) is 1. The first-order chi connectivity index (χ1) is 16.4. The Labute approximate surface area is 196 Å². The Balaban J connectivity index is 1.74. The van der Waals surface area contributed by atoms with Crippen molar-refractivity contribution in [1.29, 1.82) is 0 Å². The fourth-order valence-corrected chi connectivity index (χ4v) is 4.31. The summed E-state index contributed by atoms with van der Waals surface area (Å²) in [6.07, 6.45) is -0.0290. The lowest BCUT2D eigenvalue weighted by atomic mass is 9.85. The van der Waals surface area contributed by atoms with Crippen molar-refractivity contribution in [2.45, 2.75) is 31.5 Å². The minimum absolute atomic E-state index is 0.0131. The summed E-state index contributed by atoms with van der Waals surface area (Å²) in [7, 11) is 0. The van der Waals surface area contributed by atoms with Crippen LogP contribution >= 0.6 is 0 Å². The van der Waals surface area contributed by atoms with Crippen LogP contribution in [0, 0.1) is 10.1 Å². The van der Waals surface area contributed by atoms with Crippen molar-refractivity contribution in [3.63, 3.8) is 0 Å². The van der Waals surface area contributed by atoms with Crippen LogP contribution in [0.5, 0.6) is 0 Å². The molecular formula is C26H23N3O5. The molecule has 1 atom stereocenters. The van der Waals surface area contributed by atoms with Gasteiger partial charge in [-0.15, -0.1) is 0 Å². The molecule has 0 saturated carbocycles. The molecule has 8 nitrogen and oxygen atoms in total. The maximum atomic E-state index is 13.8. The van der Waals surface area contributed by atoms with E-state index >= 15 is 0 Å². The van der Waals surface area contributed by atoms with Crippen LogP contribution in [0.1, 0.15) is 34.3 Å². The van der Waals surface area contributed by atoms with Gasteiger partial charge in [-0.05, 0) is 12.0 Å². The molecule has 1 aliphatic rings. The van der Waals surface area contributed by atoms with E-state index in [-0.39, 0.29) is 37.2 Å². The van der Waals surface area contributed by atoms with Crippen molar-refractivity contribution in [2.75, 3.05) is 0 Å². The van der Waals surface area contributed by atoms with Crippen LogP contribution in [0.25, 0.3) is 0 Å². The van der Waals surface area contributed by atoms with E-state index < -0.39 is 28.1 Å². The molecule has 1 heterocycles. The number of hydrogen-bond donors (Lipinski definition) is 1. The van der Waals surface area contributed by atoms with Gasteiger partial charge in [-0.3, -0.25) is 24.5 Å². The predicted molar refractivity (Wildman–Crippen MR) is 125 cm³/mol. The molecule has 3 aromatic carbocycles. The normalized spacial score (nSPS) is 17.4. The zero-order valence-corrected chi connectivity index (χ0v) is 18.3. The van der Waals surface area contributed by atoms with Gasteiger partial charge >= 0.3 is 0 Å². The van der Waals surface area contributed by atoms with Crippen molar-refractivity contribution >= 4 is 23.3 Å². The summed E-state index contributed by atoms with van der Waals surface area (Å²) in [6, 6.07) is 23.6. The third-order valence-electron chi connectivity index (χ3n) is 6.06. The lowest BCUT2D eigenvalue weighted by molar-refractivity contribution is -0.385. The fraction of sp³-hybridized carbons (Fsp3) is 0.192. The highest BCUT2D eigenvalue weighted by Gasteiger charge is 2.56. The molecule has 0 bridgehead atoms. The molecule has 0 aromatic heterocycles. The summed E-state index contributed by atoms with van der Waals surface area (Å²) in [5.74, 6) is -1.52. The standard InChI is InChI=1S/C26H23N3O5/c30-23-15-16-26(24(31)20-11-5-2-6-12-20,25(32)27-17-19-9-3-1-4-10-19)28(23)18-21-13-7-8-14-22(21)29(33)34/h1-14H,15-18H2,(H,27,32). The fourth-order valence-electron chi connectivity index (χ4n) is 4.31. The van der Waals surface area contributed by atoms with Gasteiger partial charge in [0, 0.05) is 30.2 Å². The van der Waals surface area contributed by atoms with Crippen LogP contribution in [0.2, 0.25) is 0 Å². The molecule has 172 valence electrons. The van der Waals surface area contributed by atoms with Crippen molar-refractivity contribution in [1.82, 2.24) is 10.2 Å². The van der Waals surface area contributed by atoms with Crippen LogP contribution in [-0.2, 0) is 22.7 Å². The SMILES string of the molecule is O=C1CCC(C(=O)NCc2ccccc2)(C(=O)c2ccccc2)N1Cc1ccccc1[N+](=O)[O-]. The lowest BCUT2D eigenvalue weighted by Crippen LogP contribution is -2.61.